The summed E-state index contributed by atoms with van der Waals surface area (Å²) in [5.74, 6) is 0.979. The molecule has 0 fully saturated rings. The molecule has 60 valence electrons. The first-order valence-electron chi connectivity index (χ1n) is 3.34. The summed E-state index contributed by atoms with van der Waals surface area (Å²) in [6, 6.07) is 9.36. The molecule has 0 aliphatic heterocycles. The van der Waals surface area contributed by atoms with Crippen LogP contribution in [0.4, 0.5) is 0 Å². The molecule has 0 saturated carbocycles. The smallest absolute Gasteiger partial charge is 0.0541 e. The monoisotopic (exact) mass is 188 g/mol. The lowest BCUT2D eigenvalue weighted by atomic mass is 10.4. The number of halogens is 1. The van der Waals surface area contributed by atoms with Gasteiger partial charge in [0.25, 0.3) is 0 Å². The van der Waals surface area contributed by atoms with Gasteiger partial charge in [-0.25, -0.2) is 0 Å². The number of hydrogen-bond acceptors (Lipinski definition) is 1. The fraction of sp³-hybridized carbons (Fsp3) is 0.250. The maximum absolute atomic E-state index is 11.3. The molecule has 1 aromatic rings. The first-order valence-corrected chi connectivity index (χ1v) is 5.19. The van der Waals surface area contributed by atoms with Crippen LogP contribution in [0.5, 0.6) is 0 Å². The van der Waals surface area contributed by atoms with Crippen molar-refractivity contribution in [2.45, 2.75) is 4.90 Å². The number of alkyl halides is 1. The maximum atomic E-state index is 11.3. The van der Waals surface area contributed by atoms with E-state index in [1.807, 2.05) is 30.3 Å². The molecule has 0 saturated heterocycles. The highest BCUT2D eigenvalue weighted by Crippen LogP contribution is 2.05. The highest BCUT2D eigenvalue weighted by atomic mass is 35.5. The van der Waals surface area contributed by atoms with Crippen LogP contribution in [-0.2, 0) is 10.8 Å². The lowest BCUT2D eigenvalue weighted by Gasteiger charge is -1.96. The summed E-state index contributed by atoms with van der Waals surface area (Å²) in [5, 5.41) is 0. The summed E-state index contributed by atoms with van der Waals surface area (Å²) in [5.41, 5.74) is 0. The van der Waals surface area contributed by atoms with E-state index in [4.69, 9.17) is 11.6 Å². The second-order valence-corrected chi connectivity index (χ2v) is 4.00. The summed E-state index contributed by atoms with van der Waals surface area (Å²) in [6.45, 7) is 0. The average molecular weight is 189 g/mol. The Balaban J connectivity index is 2.69. The Bertz CT molecular complexity index is 235. The molecule has 11 heavy (non-hydrogen) atoms. The van der Waals surface area contributed by atoms with Crippen LogP contribution in [-0.4, -0.2) is 15.8 Å². The third kappa shape index (κ3) is 2.64. The number of benzene rings is 1. The lowest BCUT2D eigenvalue weighted by Crippen LogP contribution is -1.98. The summed E-state index contributed by atoms with van der Waals surface area (Å²) in [4.78, 5) is 0.855. The van der Waals surface area contributed by atoms with Gasteiger partial charge in [-0.3, -0.25) is 4.21 Å². The molecule has 1 nitrogen and oxygen atoms in total. The van der Waals surface area contributed by atoms with E-state index in [0.29, 0.717) is 11.6 Å². The second-order valence-electron chi connectivity index (χ2n) is 2.05. The first-order chi connectivity index (χ1) is 5.34. The molecule has 3 heteroatoms. The van der Waals surface area contributed by atoms with Crippen molar-refractivity contribution in [2.75, 3.05) is 11.6 Å². The zero-order valence-corrected chi connectivity index (χ0v) is 7.57. The molecule has 1 rings (SSSR count). The molecule has 0 aromatic heterocycles. The molecular formula is C8H9ClOS. The molecule has 1 aromatic carbocycles. The van der Waals surface area contributed by atoms with E-state index in [2.05, 4.69) is 0 Å². The van der Waals surface area contributed by atoms with Crippen LogP contribution in [0.1, 0.15) is 0 Å². The normalized spacial score (nSPS) is 12.8. The van der Waals surface area contributed by atoms with Gasteiger partial charge in [0.05, 0.1) is 10.8 Å². The van der Waals surface area contributed by atoms with Crippen LogP contribution >= 0.6 is 11.6 Å². The van der Waals surface area contributed by atoms with E-state index < -0.39 is 10.8 Å². The number of rotatable bonds is 3. The Morgan fingerprint density at radius 2 is 1.91 bits per heavy atom. The molecule has 1 atom stereocenters. The lowest BCUT2D eigenvalue weighted by molar-refractivity contribution is 0.684. The highest BCUT2D eigenvalue weighted by Gasteiger charge is 1.99. The third-order valence-corrected chi connectivity index (χ3v) is 3.05. The molecule has 0 N–H and O–H groups in total. The van der Waals surface area contributed by atoms with Crippen molar-refractivity contribution in [1.29, 1.82) is 0 Å². The van der Waals surface area contributed by atoms with Crippen molar-refractivity contribution in [2.24, 2.45) is 0 Å². The molecule has 0 bridgehead atoms. The molecular weight excluding hydrogens is 180 g/mol. The van der Waals surface area contributed by atoms with Crippen molar-refractivity contribution in [3.05, 3.63) is 30.3 Å². The molecule has 0 spiro atoms. The van der Waals surface area contributed by atoms with Gasteiger partial charge in [0.15, 0.2) is 0 Å². The zero-order valence-electron chi connectivity index (χ0n) is 6.00. The van der Waals surface area contributed by atoms with Gasteiger partial charge < -0.3 is 0 Å². The van der Waals surface area contributed by atoms with E-state index in [1.54, 1.807) is 0 Å². The Morgan fingerprint density at radius 3 is 2.45 bits per heavy atom. The largest absolute Gasteiger partial charge is 0.254 e. The predicted molar refractivity (Wildman–Crippen MR) is 48.4 cm³/mol. The third-order valence-electron chi connectivity index (χ3n) is 1.27. The van der Waals surface area contributed by atoms with Crippen LogP contribution < -0.4 is 0 Å². The van der Waals surface area contributed by atoms with Gasteiger partial charge in [-0.2, -0.15) is 0 Å². The average Bonchev–Trinajstić information content (AvgIpc) is 2.07. The van der Waals surface area contributed by atoms with E-state index in [1.165, 1.54) is 0 Å². The fourth-order valence-electron chi connectivity index (χ4n) is 0.760. The summed E-state index contributed by atoms with van der Waals surface area (Å²) in [7, 11) is -0.915. The minimum atomic E-state index is -0.915. The Morgan fingerprint density at radius 1 is 1.27 bits per heavy atom. The first kappa shape index (κ1) is 8.75. The SMILES string of the molecule is O=[S@@](CCCl)c1ccccc1. The van der Waals surface area contributed by atoms with Crippen molar-refractivity contribution in [3.63, 3.8) is 0 Å². The minimum Gasteiger partial charge on any atom is -0.254 e. The molecule has 0 amide bonds. The van der Waals surface area contributed by atoms with Gasteiger partial charge >= 0.3 is 0 Å². The van der Waals surface area contributed by atoms with Crippen LogP contribution in [0, 0.1) is 0 Å². The van der Waals surface area contributed by atoms with E-state index in [0.717, 1.165) is 4.90 Å². The zero-order chi connectivity index (χ0) is 8.10. The minimum absolute atomic E-state index is 0.446. The van der Waals surface area contributed by atoms with Crippen LogP contribution in [0.25, 0.3) is 0 Å². The van der Waals surface area contributed by atoms with Crippen molar-refractivity contribution < 1.29 is 4.21 Å². The second kappa shape index (κ2) is 4.52. The quantitative estimate of drug-likeness (QED) is 0.664. The van der Waals surface area contributed by atoms with Gasteiger partial charge in [-0.05, 0) is 12.1 Å². The molecule has 0 radical (unpaired) electrons. The maximum Gasteiger partial charge on any atom is 0.0541 e. The standard InChI is InChI=1S/C8H9ClOS/c9-6-7-11(10)8-4-2-1-3-5-8/h1-5H,6-7H2/t11-/m0/s1. The van der Waals surface area contributed by atoms with Crippen molar-refractivity contribution in [1.82, 2.24) is 0 Å². The van der Waals surface area contributed by atoms with Gasteiger partial charge in [0.1, 0.15) is 0 Å². The molecule has 0 unspecified atom stereocenters. The summed E-state index contributed by atoms with van der Waals surface area (Å²) in [6.07, 6.45) is 0. The van der Waals surface area contributed by atoms with Crippen molar-refractivity contribution in [3.8, 4) is 0 Å². The van der Waals surface area contributed by atoms with Crippen molar-refractivity contribution >= 4 is 22.4 Å². The number of hydrogen-bond donors (Lipinski definition) is 0. The van der Waals surface area contributed by atoms with Gasteiger partial charge in [-0.15, -0.1) is 11.6 Å². The van der Waals surface area contributed by atoms with E-state index in [9.17, 15) is 4.21 Å². The molecule has 0 heterocycles. The Kier molecular flexibility index (Phi) is 3.60. The summed E-state index contributed by atoms with van der Waals surface area (Å²) < 4.78 is 11.3. The predicted octanol–water partition coefficient (Wildman–Crippen LogP) is 2.03. The van der Waals surface area contributed by atoms with Gasteiger partial charge in [0.2, 0.25) is 0 Å². The molecule has 0 aliphatic rings. The Labute approximate surface area is 73.8 Å². The summed E-state index contributed by atoms with van der Waals surface area (Å²) >= 11 is 5.45. The van der Waals surface area contributed by atoms with Gasteiger partial charge in [0, 0.05) is 16.5 Å². The molecule has 0 aliphatic carbocycles. The topological polar surface area (TPSA) is 17.1 Å². The van der Waals surface area contributed by atoms with E-state index in [-0.39, 0.29) is 0 Å². The fourth-order valence-corrected chi connectivity index (χ4v) is 2.02. The Hall–Kier alpha value is -0.340. The highest BCUT2D eigenvalue weighted by molar-refractivity contribution is 7.85. The van der Waals surface area contributed by atoms with Crippen LogP contribution in [0.15, 0.2) is 35.2 Å². The van der Waals surface area contributed by atoms with Crippen LogP contribution in [0.2, 0.25) is 0 Å². The van der Waals surface area contributed by atoms with Crippen LogP contribution in [0.3, 0.4) is 0 Å². The van der Waals surface area contributed by atoms with E-state index >= 15 is 0 Å². The van der Waals surface area contributed by atoms with Gasteiger partial charge in [-0.1, -0.05) is 18.2 Å².